The maximum Gasteiger partial charge on any atom is 0.118 e. The van der Waals surface area contributed by atoms with Gasteiger partial charge in [-0.15, -0.1) is 0 Å². The summed E-state index contributed by atoms with van der Waals surface area (Å²) in [5, 5.41) is 20.8. The van der Waals surface area contributed by atoms with Crippen LogP contribution < -0.4 is 0 Å². The molecule has 0 heterocycles. The summed E-state index contributed by atoms with van der Waals surface area (Å²) in [6.45, 7) is 4.43. The quantitative estimate of drug-likeness (QED) is 0.693. The van der Waals surface area contributed by atoms with Crippen LogP contribution in [0.25, 0.3) is 0 Å². The van der Waals surface area contributed by atoms with Crippen molar-refractivity contribution in [2.75, 3.05) is 0 Å². The topological polar surface area (TPSA) is 40.5 Å². The zero-order valence-electron chi connectivity index (χ0n) is 17.0. The van der Waals surface area contributed by atoms with Crippen molar-refractivity contribution >= 4 is 0 Å². The first kappa shape index (κ1) is 18.0. The van der Waals surface area contributed by atoms with Gasteiger partial charge in [-0.1, -0.05) is 54.5 Å². The van der Waals surface area contributed by atoms with Gasteiger partial charge in [0, 0.05) is 5.41 Å². The van der Waals surface area contributed by atoms with Gasteiger partial charge in [0.15, 0.2) is 0 Å². The van der Waals surface area contributed by atoms with Gasteiger partial charge >= 0.3 is 0 Å². The van der Waals surface area contributed by atoms with Crippen LogP contribution in [0.1, 0.15) is 61.3 Å². The molecule has 2 heteroatoms. The molecule has 3 atom stereocenters. The molecule has 0 aliphatic heterocycles. The highest BCUT2D eigenvalue weighted by molar-refractivity contribution is 5.56. The molecular formula is C26H30O2. The number of aliphatic hydroxyl groups excluding tert-OH is 1. The van der Waals surface area contributed by atoms with Gasteiger partial charge in [0.25, 0.3) is 0 Å². The van der Waals surface area contributed by atoms with Crippen LogP contribution >= 0.6 is 0 Å². The molecular weight excluding hydrogens is 344 g/mol. The molecule has 0 aromatic heterocycles. The maximum atomic E-state index is 10.5. The van der Waals surface area contributed by atoms with E-state index < -0.39 is 0 Å². The lowest BCUT2D eigenvalue weighted by Gasteiger charge is -2.50. The molecule has 5 rings (SSSR count). The van der Waals surface area contributed by atoms with Gasteiger partial charge in [0.1, 0.15) is 5.75 Å². The molecule has 1 fully saturated rings. The van der Waals surface area contributed by atoms with E-state index in [2.05, 4.69) is 50.2 Å². The molecule has 0 unspecified atom stereocenters. The van der Waals surface area contributed by atoms with Crippen LogP contribution in [0, 0.1) is 12.3 Å². The Kier molecular flexibility index (Phi) is 4.00. The number of fused-ring (bicyclic) bond motifs is 4. The molecule has 2 nitrogen and oxygen atoms in total. The fourth-order valence-electron chi connectivity index (χ4n) is 6.55. The summed E-state index contributed by atoms with van der Waals surface area (Å²) in [6.07, 6.45) is 6.89. The number of hydrogen-bond acceptors (Lipinski definition) is 2. The van der Waals surface area contributed by atoms with E-state index in [0.29, 0.717) is 5.75 Å². The first-order valence-electron chi connectivity index (χ1n) is 10.7. The molecule has 0 spiro atoms. The number of rotatable bonds is 2. The minimum Gasteiger partial charge on any atom is -0.508 e. The Morgan fingerprint density at radius 1 is 1.00 bits per heavy atom. The van der Waals surface area contributed by atoms with Crippen molar-refractivity contribution < 1.29 is 10.2 Å². The molecule has 1 saturated carbocycles. The number of aliphatic hydroxyl groups is 1. The van der Waals surface area contributed by atoms with Crippen molar-refractivity contribution in [3.63, 3.8) is 0 Å². The van der Waals surface area contributed by atoms with Crippen LogP contribution in [0.15, 0.2) is 53.6 Å². The zero-order chi connectivity index (χ0) is 19.5. The Morgan fingerprint density at radius 3 is 2.57 bits per heavy atom. The van der Waals surface area contributed by atoms with Crippen molar-refractivity contribution in [3.8, 4) is 5.75 Å². The predicted molar refractivity (Wildman–Crippen MR) is 113 cm³/mol. The molecule has 146 valence electrons. The van der Waals surface area contributed by atoms with Crippen molar-refractivity contribution in [3.05, 3.63) is 75.9 Å². The Hall–Kier alpha value is -2.06. The van der Waals surface area contributed by atoms with Gasteiger partial charge < -0.3 is 10.2 Å². The minimum absolute atomic E-state index is 0.00625. The predicted octanol–water partition coefficient (Wildman–Crippen LogP) is 5.38. The Bertz CT molecular complexity index is 958. The fraction of sp³-hybridized carbons (Fsp3) is 0.462. The zero-order valence-corrected chi connectivity index (χ0v) is 17.0. The van der Waals surface area contributed by atoms with Crippen molar-refractivity contribution in [1.29, 1.82) is 0 Å². The van der Waals surface area contributed by atoms with Gasteiger partial charge in [-0.2, -0.15) is 0 Å². The lowest BCUT2D eigenvalue weighted by Crippen LogP contribution is -2.42. The Balaban J connectivity index is 1.75. The summed E-state index contributed by atoms with van der Waals surface area (Å²) in [5.74, 6) is 0.418. The molecule has 3 aliphatic rings. The van der Waals surface area contributed by atoms with Crippen LogP contribution in [-0.2, 0) is 18.3 Å². The van der Waals surface area contributed by atoms with E-state index in [1.165, 1.54) is 16.7 Å². The number of aromatic hydroxyl groups is 1. The molecule has 2 N–H and O–H groups in total. The van der Waals surface area contributed by atoms with Gasteiger partial charge in [-0.05, 0) is 85.6 Å². The van der Waals surface area contributed by atoms with Gasteiger partial charge in [-0.25, -0.2) is 0 Å². The monoisotopic (exact) mass is 374 g/mol. The van der Waals surface area contributed by atoms with Crippen LogP contribution in [0.4, 0.5) is 0 Å². The standard InChI is InChI=1S/C26H30O2/c1-17-20-8-9-22-23-14-19(27)16-25(23,2)12-13-26(22,21(20)10-11-24(17)28)15-18-6-4-3-5-7-18/h3-7,10-11,19,27-28H,8-9,12-16H2,1-2H3/t19-,25-,26-/m0/s1. The number of phenols is 1. The van der Waals surface area contributed by atoms with E-state index in [1.54, 1.807) is 11.1 Å². The summed E-state index contributed by atoms with van der Waals surface area (Å²) in [5.41, 5.74) is 8.50. The number of benzene rings is 2. The summed E-state index contributed by atoms with van der Waals surface area (Å²) < 4.78 is 0. The van der Waals surface area contributed by atoms with Crippen LogP contribution in [0.2, 0.25) is 0 Å². The smallest absolute Gasteiger partial charge is 0.118 e. The molecule has 2 aromatic carbocycles. The molecule has 0 radical (unpaired) electrons. The molecule has 2 aromatic rings. The summed E-state index contributed by atoms with van der Waals surface area (Å²) in [7, 11) is 0. The van der Waals surface area contributed by atoms with E-state index in [4.69, 9.17) is 0 Å². The first-order valence-corrected chi connectivity index (χ1v) is 10.7. The summed E-state index contributed by atoms with van der Waals surface area (Å²) in [6, 6.07) is 14.9. The molecule has 0 bridgehead atoms. The lowest BCUT2D eigenvalue weighted by atomic mass is 9.53. The fourth-order valence-corrected chi connectivity index (χ4v) is 6.55. The van der Waals surface area contributed by atoms with E-state index >= 15 is 0 Å². The SMILES string of the molecule is Cc1c(O)ccc2c1CCC1=C3C[C@H](O)C[C@]3(C)CC[C@@]12Cc1ccccc1. The average molecular weight is 375 g/mol. The van der Waals surface area contributed by atoms with Crippen molar-refractivity contribution in [2.45, 2.75) is 70.3 Å². The highest BCUT2D eigenvalue weighted by Crippen LogP contribution is 2.61. The molecule has 3 aliphatic carbocycles. The average Bonchev–Trinajstić information content (AvgIpc) is 2.99. The maximum absolute atomic E-state index is 10.5. The molecule has 0 saturated heterocycles. The van der Waals surface area contributed by atoms with Crippen LogP contribution in [0.5, 0.6) is 5.75 Å². The minimum atomic E-state index is -0.192. The Morgan fingerprint density at radius 2 is 1.79 bits per heavy atom. The van der Waals surface area contributed by atoms with E-state index in [9.17, 15) is 10.2 Å². The normalized spacial score (nSPS) is 31.3. The summed E-state index contributed by atoms with van der Waals surface area (Å²) in [4.78, 5) is 0. The van der Waals surface area contributed by atoms with Gasteiger partial charge in [-0.3, -0.25) is 0 Å². The molecule has 28 heavy (non-hydrogen) atoms. The number of hydrogen-bond donors (Lipinski definition) is 2. The highest BCUT2D eigenvalue weighted by Gasteiger charge is 2.52. The summed E-state index contributed by atoms with van der Waals surface area (Å²) >= 11 is 0. The third-order valence-electron chi connectivity index (χ3n) is 7.96. The third kappa shape index (κ3) is 2.50. The molecule has 0 amide bonds. The Labute approximate surface area is 167 Å². The van der Waals surface area contributed by atoms with Crippen LogP contribution in [0.3, 0.4) is 0 Å². The lowest BCUT2D eigenvalue weighted by molar-refractivity contribution is 0.156. The highest BCUT2D eigenvalue weighted by atomic mass is 16.3. The third-order valence-corrected chi connectivity index (χ3v) is 7.96. The van der Waals surface area contributed by atoms with Crippen molar-refractivity contribution in [2.24, 2.45) is 5.41 Å². The second-order valence-corrected chi connectivity index (χ2v) is 9.56. The first-order chi connectivity index (χ1) is 13.4. The largest absolute Gasteiger partial charge is 0.508 e. The second kappa shape index (κ2) is 6.22. The number of allylic oxidation sites excluding steroid dienone is 1. The van der Waals surface area contributed by atoms with Gasteiger partial charge in [0.2, 0.25) is 0 Å². The van der Waals surface area contributed by atoms with Crippen LogP contribution in [-0.4, -0.2) is 16.3 Å². The van der Waals surface area contributed by atoms with E-state index in [-0.39, 0.29) is 16.9 Å². The van der Waals surface area contributed by atoms with Crippen molar-refractivity contribution in [1.82, 2.24) is 0 Å². The van der Waals surface area contributed by atoms with E-state index in [0.717, 1.165) is 50.5 Å². The second-order valence-electron chi connectivity index (χ2n) is 9.56. The van der Waals surface area contributed by atoms with E-state index in [1.807, 2.05) is 6.07 Å². The van der Waals surface area contributed by atoms with Gasteiger partial charge in [0.05, 0.1) is 6.10 Å². The number of phenolic OH excluding ortho intramolecular Hbond substituents is 1.